The first-order chi connectivity index (χ1) is 15.0. The summed E-state index contributed by atoms with van der Waals surface area (Å²) in [6.07, 6.45) is 1.44. The van der Waals surface area contributed by atoms with Crippen LogP contribution in [0.2, 0.25) is 0 Å². The number of benzene rings is 3. The predicted molar refractivity (Wildman–Crippen MR) is 122 cm³/mol. The molecule has 7 nitrogen and oxygen atoms in total. The van der Waals surface area contributed by atoms with Crippen LogP contribution in [-0.4, -0.2) is 38.4 Å². The third-order valence-electron chi connectivity index (χ3n) is 4.30. The quantitative estimate of drug-likeness (QED) is 0.292. The van der Waals surface area contributed by atoms with E-state index in [1.807, 2.05) is 30.3 Å². The molecule has 0 atom stereocenters. The van der Waals surface area contributed by atoms with E-state index in [-0.39, 0.29) is 13.2 Å². The van der Waals surface area contributed by atoms with Crippen LogP contribution in [0, 0.1) is 0 Å². The highest BCUT2D eigenvalue weighted by atomic mass is 79.9. The van der Waals surface area contributed by atoms with Crippen molar-refractivity contribution in [2.75, 3.05) is 20.3 Å². The molecule has 0 saturated heterocycles. The fourth-order valence-electron chi connectivity index (χ4n) is 2.88. The number of hydrogen-bond acceptors (Lipinski definition) is 6. The van der Waals surface area contributed by atoms with Crippen molar-refractivity contribution >= 4 is 44.8 Å². The van der Waals surface area contributed by atoms with Gasteiger partial charge in [-0.2, -0.15) is 5.10 Å². The van der Waals surface area contributed by atoms with Crippen LogP contribution >= 0.6 is 15.9 Å². The summed E-state index contributed by atoms with van der Waals surface area (Å²) >= 11 is 3.39. The van der Waals surface area contributed by atoms with Gasteiger partial charge in [0, 0.05) is 10.0 Å². The molecule has 3 aromatic rings. The summed E-state index contributed by atoms with van der Waals surface area (Å²) in [7, 11) is 1.51. The summed E-state index contributed by atoms with van der Waals surface area (Å²) in [4.78, 5) is 24.2. The molecule has 0 spiro atoms. The average molecular weight is 485 g/mol. The molecule has 0 radical (unpaired) electrons. The van der Waals surface area contributed by atoms with Crippen LogP contribution in [0.4, 0.5) is 0 Å². The normalized spacial score (nSPS) is 10.8. The third kappa shape index (κ3) is 5.82. The molecule has 0 saturated carbocycles. The summed E-state index contributed by atoms with van der Waals surface area (Å²) in [5.41, 5.74) is 3.45. The highest BCUT2D eigenvalue weighted by Gasteiger charge is 2.13. The second-order valence-corrected chi connectivity index (χ2v) is 7.29. The number of nitrogens with zero attached hydrogens (tertiary/aromatic N) is 1. The molecular formula is C23H21BrN2O5. The van der Waals surface area contributed by atoms with Crippen molar-refractivity contribution in [2.45, 2.75) is 6.92 Å². The van der Waals surface area contributed by atoms with Crippen LogP contribution in [0.25, 0.3) is 10.8 Å². The van der Waals surface area contributed by atoms with E-state index < -0.39 is 11.9 Å². The second-order valence-electron chi connectivity index (χ2n) is 6.37. The number of halogens is 1. The highest BCUT2D eigenvalue weighted by molar-refractivity contribution is 9.10. The molecule has 31 heavy (non-hydrogen) atoms. The molecule has 0 bridgehead atoms. The molecule has 8 heteroatoms. The number of rotatable bonds is 8. The fraction of sp³-hybridized carbons (Fsp3) is 0.174. The van der Waals surface area contributed by atoms with Gasteiger partial charge in [0.25, 0.3) is 5.91 Å². The monoisotopic (exact) mass is 484 g/mol. The minimum absolute atomic E-state index is 0.225. The number of ether oxygens (including phenoxy) is 3. The zero-order valence-electron chi connectivity index (χ0n) is 17.1. The van der Waals surface area contributed by atoms with E-state index >= 15 is 0 Å². The zero-order valence-corrected chi connectivity index (χ0v) is 18.6. The SMILES string of the molecule is CCOC(=O)COc1ccc(Br)cc1C=NNC(=O)c1cc2ccccc2cc1OC. The van der Waals surface area contributed by atoms with E-state index in [0.29, 0.717) is 22.6 Å². The number of amides is 1. The van der Waals surface area contributed by atoms with Crippen molar-refractivity contribution in [1.29, 1.82) is 0 Å². The Hall–Kier alpha value is -3.39. The maximum Gasteiger partial charge on any atom is 0.344 e. The Balaban J connectivity index is 1.76. The highest BCUT2D eigenvalue weighted by Crippen LogP contribution is 2.26. The number of carbonyl (C=O) groups is 2. The number of carbonyl (C=O) groups excluding carboxylic acids is 2. The number of methoxy groups -OCH3 is 1. The van der Waals surface area contributed by atoms with Gasteiger partial charge in [-0.25, -0.2) is 10.2 Å². The lowest BCUT2D eigenvalue weighted by Crippen LogP contribution is -2.19. The molecule has 0 aliphatic carbocycles. The number of hydrogen-bond donors (Lipinski definition) is 1. The summed E-state index contributed by atoms with van der Waals surface area (Å²) in [6.45, 7) is 1.78. The smallest absolute Gasteiger partial charge is 0.344 e. The van der Waals surface area contributed by atoms with Crippen molar-refractivity contribution in [1.82, 2.24) is 5.43 Å². The molecule has 3 aromatic carbocycles. The lowest BCUT2D eigenvalue weighted by molar-refractivity contribution is -0.145. The first-order valence-corrected chi connectivity index (χ1v) is 10.3. The lowest BCUT2D eigenvalue weighted by Gasteiger charge is -2.10. The van der Waals surface area contributed by atoms with Crippen molar-refractivity contribution in [2.24, 2.45) is 5.10 Å². The van der Waals surface area contributed by atoms with Crippen molar-refractivity contribution in [3.05, 3.63) is 70.2 Å². The van der Waals surface area contributed by atoms with E-state index in [9.17, 15) is 9.59 Å². The molecule has 0 aromatic heterocycles. The van der Waals surface area contributed by atoms with Gasteiger partial charge >= 0.3 is 5.97 Å². The van der Waals surface area contributed by atoms with E-state index in [0.717, 1.165) is 15.2 Å². The number of hydrazone groups is 1. The lowest BCUT2D eigenvalue weighted by atomic mass is 10.1. The van der Waals surface area contributed by atoms with Crippen LogP contribution in [0.15, 0.2) is 64.2 Å². The van der Waals surface area contributed by atoms with E-state index in [1.165, 1.54) is 13.3 Å². The molecule has 3 rings (SSSR count). The van der Waals surface area contributed by atoms with Gasteiger partial charge < -0.3 is 14.2 Å². The maximum atomic E-state index is 12.7. The van der Waals surface area contributed by atoms with Crippen LogP contribution in [0.1, 0.15) is 22.8 Å². The van der Waals surface area contributed by atoms with Crippen molar-refractivity contribution < 1.29 is 23.8 Å². The van der Waals surface area contributed by atoms with E-state index in [2.05, 4.69) is 26.5 Å². The Morgan fingerprint density at radius 1 is 1.06 bits per heavy atom. The topological polar surface area (TPSA) is 86.2 Å². The summed E-state index contributed by atoms with van der Waals surface area (Å²) in [6, 6.07) is 16.5. The van der Waals surface area contributed by atoms with Crippen LogP contribution < -0.4 is 14.9 Å². The molecule has 1 N–H and O–H groups in total. The minimum atomic E-state index is -0.468. The number of fused-ring (bicyclic) bond motifs is 1. The van der Waals surface area contributed by atoms with Crippen molar-refractivity contribution in [3.8, 4) is 11.5 Å². The van der Waals surface area contributed by atoms with Crippen LogP contribution in [-0.2, 0) is 9.53 Å². The predicted octanol–water partition coefficient (Wildman–Crippen LogP) is 4.32. The van der Waals surface area contributed by atoms with Gasteiger partial charge in [0.2, 0.25) is 0 Å². The molecule has 1 amide bonds. The first-order valence-electron chi connectivity index (χ1n) is 9.50. The summed E-state index contributed by atoms with van der Waals surface area (Å²) < 4.78 is 16.5. The molecule has 0 aliphatic heterocycles. The van der Waals surface area contributed by atoms with Gasteiger partial charge in [0.1, 0.15) is 11.5 Å². The third-order valence-corrected chi connectivity index (χ3v) is 4.80. The van der Waals surface area contributed by atoms with Gasteiger partial charge in [-0.15, -0.1) is 0 Å². The van der Waals surface area contributed by atoms with Crippen molar-refractivity contribution in [3.63, 3.8) is 0 Å². The largest absolute Gasteiger partial charge is 0.496 e. The zero-order chi connectivity index (χ0) is 22.2. The Labute approximate surface area is 188 Å². The molecular weight excluding hydrogens is 464 g/mol. The van der Waals surface area contributed by atoms with Gasteiger partial charge in [-0.1, -0.05) is 40.2 Å². The standard InChI is InChI=1S/C23H21BrN2O5/c1-3-30-22(27)14-31-20-9-8-18(24)10-17(20)13-25-26-23(28)19-11-15-6-4-5-7-16(15)12-21(19)29-2/h4-13H,3,14H2,1-2H3,(H,26,28). The Morgan fingerprint density at radius 2 is 1.81 bits per heavy atom. The van der Waals surface area contributed by atoms with Gasteiger partial charge in [-0.3, -0.25) is 4.79 Å². The second kappa shape index (κ2) is 10.6. The van der Waals surface area contributed by atoms with E-state index in [1.54, 1.807) is 31.2 Å². The fourth-order valence-corrected chi connectivity index (χ4v) is 3.26. The molecule has 160 valence electrons. The van der Waals surface area contributed by atoms with Crippen LogP contribution in [0.5, 0.6) is 11.5 Å². The molecule has 0 unspecified atom stereocenters. The average Bonchev–Trinajstić information content (AvgIpc) is 2.77. The van der Waals surface area contributed by atoms with Gasteiger partial charge in [0.15, 0.2) is 6.61 Å². The summed E-state index contributed by atoms with van der Waals surface area (Å²) in [5.74, 6) is -0.00213. The maximum absolute atomic E-state index is 12.7. The Bertz CT molecular complexity index is 1130. The van der Waals surface area contributed by atoms with E-state index in [4.69, 9.17) is 14.2 Å². The number of nitrogens with one attached hydrogen (secondary N) is 1. The molecule has 0 aliphatic rings. The number of esters is 1. The Morgan fingerprint density at radius 3 is 2.52 bits per heavy atom. The molecule has 0 heterocycles. The van der Waals surface area contributed by atoms with Gasteiger partial charge in [0.05, 0.1) is 25.5 Å². The minimum Gasteiger partial charge on any atom is -0.496 e. The first kappa shape index (κ1) is 22.3. The van der Waals surface area contributed by atoms with Crippen LogP contribution in [0.3, 0.4) is 0 Å². The molecule has 0 fully saturated rings. The summed E-state index contributed by atoms with van der Waals surface area (Å²) in [5, 5.41) is 5.93. The Kier molecular flexibility index (Phi) is 7.61. The van der Waals surface area contributed by atoms with Gasteiger partial charge in [-0.05, 0) is 48.0 Å².